The van der Waals surface area contributed by atoms with Gasteiger partial charge in [0.05, 0.1) is 11.9 Å². The van der Waals surface area contributed by atoms with Crippen molar-refractivity contribution in [1.29, 1.82) is 0 Å². The normalized spacial score (nSPS) is 21.3. The van der Waals surface area contributed by atoms with Gasteiger partial charge in [-0.05, 0) is 36.2 Å². The van der Waals surface area contributed by atoms with E-state index in [1.807, 2.05) is 0 Å². The highest BCUT2D eigenvalue weighted by Crippen LogP contribution is 2.24. The Morgan fingerprint density at radius 3 is 2.48 bits per heavy atom. The molecule has 2 atom stereocenters. The monoisotopic (exact) mass is 332 g/mol. The molecule has 0 spiro atoms. The molecular formula is C14H24N2O3S2. The van der Waals surface area contributed by atoms with E-state index in [1.165, 1.54) is 5.56 Å². The second-order valence-corrected chi connectivity index (χ2v) is 8.29. The van der Waals surface area contributed by atoms with Crippen LogP contribution in [-0.2, 0) is 14.8 Å². The molecule has 0 unspecified atom stereocenters. The van der Waals surface area contributed by atoms with E-state index in [0.717, 1.165) is 13.1 Å². The summed E-state index contributed by atoms with van der Waals surface area (Å²) in [6.45, 7) is 6.64. The van der Waals surface area contributed by atoms with Gasteiger partial charge >= 0.3 is 0 Å². The molecule has 0 radical (unpaired) electrons. The van der Waals surface area contributed by atoms with Crippen LogP contribution in [-0.4, -0.2) is 62.8 Å². The Balaban J connectivity index is 1.91. The first kappa shape index (κ1) is 16.9. The fourth-order valence-corrected chi connectivity index (χ4v) is 4.97. The van der Waals surface area contributed by atoms with Crippen molar-refractivity contribution in [2.45, 2.75) is 26.0 Å². The molecule has 0 bridgehead atoms. The maximum Gasteiger partial charge on any atom is 0.216 e. The number of piperazine rings is 1. The van der Waals surface area contributed by atoms with Gasteiger partial charge in [0, 0.05) is 39.3 Å². The highest BCUT2D eigenvalue weighted by atomic mass is 32.2. The summed E-state index contributed by atoms with van der Waals surface area (Å²) in [6.07, 6.45) is -0.266. The van der Waals surface area contributed by atoms with E-state index in [4.69, 9.17) is 4.74 Å². The van der Waals surface area contributed by atoms with Crippen LogP contribution >= 0.6 is 11.3 Å². The molecule has 1 aromatic heterocycles. The highest BCUT2D eigenvalue weighted by Gasteiger charge is 2.30. The van der Waals surface area contributed by atoms with Crippen molar-refractivity contribution in [3.63, 3.8) is 0 Å². The van der Waals surface area contributed by atoms with E-state index >= 15 is 0 Å². The molecule has 1 aromatic rings. The third-order valence-corrected chi connectivity index (χ3v) is 6.83. The van der Waals surface area contributed by atoms with Crippen molar-refractivity contribution < 1.29 is 13.2 Å². The second kappa shape index (κ2) is 7.19. The van der Waals surface area contributed by atoms with Crippen LogP contribution < -0.4 is 0 Å². The SMILES string of the molecule is CO[C@@H](C)CS(=O)(=O)N1CCN([C@H](C)c2ccsc2)CC1. The van der Waals surface area contributed by atoms with Crippen LogP contribution in [0.5, 0.6) is 0 Å². The van der Waals surface area contributed by atoms with Crippen LogP contribution in [0.2, 0.25) is 0 Å². The molecule has 2 rings (SSSR count). The molecule has 0 aliphatic carbocycles. The average Bonchev–Trinajstić information content (AvgIpc) is 3.00. The zero-order valence-electron chi connectivity index (χ0n) is 12.9. The average molecular weight is 332 g/mol. The van der Waals surface area contributed by atoms with Gasteiger partial charge < -0.3 is 4.74 Å². The molecule has 21 heavy (non-hydrogen) atoms. The molecule has 1 aliphatic heterocycles. The van der Waals surface area contributed by atoms with Crippen LogP contribution in [0, 0.1) is 0 Å². The number of rotatable bonds is 6. The smallest absolute Gasteiger partial charge is 0.216 e. The van der Waals surface area contributed by atoms with Gasteiger partial charge in [0.15, 0.2) is 0 Å². The van der Waals surface area contributed by atoms with Crippen molar-refractivity contribution in [3.05, 3.63) is 22.4 Å². The van der Waals surface area contributed by atoms with E-state index in [-0.39, 0.29) is 11.9 Å². The summed E-state index contributed by atoms with van der Waals surface area (Å²) in [5, 5.41) is 4.24. The molecule has 0 N–H and O–H groups in total. The Hall–Kier alpha value is -0.470. The molecule has 5 nitrogen and oxygen atoms in total. The fourth-order valence-electron chi connectivity index (χ4n) is 2.56. The topological polar surface area (TPSA) is 49.9 Å². The molecule has 120 valence electrons. The van der Waals surface area contributed by atoms with Crippen LogP contribution in [0.15, 0.2) is 16.8 Å². The maximum atomic E-state index is 12.3. The number of hydrogen-bond donors (Lipinski definition) is 0. The Kier molecular flexibility index (Phi) is 5.79. The minimum absolute atomic E-state index is 0.0591. The summed E-state index contributed by atoms with van der Waals surface area (Å²) in [4.78, 5) is 2.34. The minimum Gasteiger partial charge on any atom is -0.381 e. The first-order valence-electron chi connectivity index (χ1n) is 7.21. The molecule has 1 saturated heterocycles. The zero-order chi connectivity index (χ0) is 15.5. The first-order chi connectivity index (χ1) is 9.94. The van der Waals surface area contributed by atoms with Gasteiger partial charge in [0.2, 0.25) is 10.0 Å². The zero-order valence-corrected chi connectivity index (χ0v) is 14.5. The summed E-state index contributed by atoms with van der Waals surface area (Å²) in [6, 6.07) is 2.48. The lowest BCUT2D eigenvalue weighted by Gasteiger charge is -2.37. The highest BCUT2D eigenvalue weighted by molar-refractivity contribution is 7.89. The van der Waals surface area contributed by atoms with Gasteiger partial charge in [-0.3, -0.25) is 4.90 Å². The van der Waals surface area contributed by atoms with Gasteiger partial charge in [-0.15, -0.1) is 0 Å². The molecule has 1 fully saturated rings. The fraction of sp³-hybridized carbons (Fsp3) is 0.714. The van der Waals surface area contributed by atoms with Crippen LogP contribution in [0.3, 0.4) is 0 Å². The Labute approximate surface area is 131 Å². The molecule has 0 saturated carbocycles. The van der Waals surface area contributed by atoms with E-state index in [9.17, 15) is 8.42 Å². The lowest BCUT2D eigenvalue weighted by Crippen LogP contribution is -2.50. The number of hydrogen-bond acceptors (Lipinski definition) is 5. The van der Waals surface area contributed by atoms with E-state index in [1.54, 1.807) is 29.7 Å². The third kappa shape index (κ3) is 4.26. The lowest BCUT2D eigenvalue weighted by molar-refractivity contribution is 0.129. The quantitative estimate of drug-likeness (QED) is 0.797. The van der Waals surface area contributed by atoms with Gasteiger partial charge in [-0.25, -0.2) is 8.42 Å². The number of ether oxygens (including phenoxy) is 1. The summed E-state index contributed by atoms with van der Waals surface area (Å²) < 4.78 is 31.2. The predicted molar refractivity (Wildman–Crippen MR) is 86.1 cm³/mol. The predicted octanol–water partition coefficient (Wildman–Crippen LogP) is 1.79. The van der Waals surface area contributed by atoms with E-state index in [0.29, 0.717) is 19.1 Å². The largest absolute Gasteiger partial charge is 0.381 e. The van der Waals surface area contributed by atoms with Crippen LogP contribution in [0.1, 0.15) is 25.5 Å². The Morgan fingerprint density at radius 1 is 1.29 bits per heavy atom. The minimum atomic E-state index is -3.21. The van der Waals surface area contributed by atoms with Gasteiger partial charge in [0.25, 0.3) is 0 Å². The van der Waals surface area contributed by atoms with Gasteiger partial charge in [0.1, 0.15) is 0 Å². The summed E-state index contributed by atoms with van der Waals surface area (Å²) in [7, 11) is -1.67. The number of sulfonamides is 1. The summed E-state index contributed by atoms with van der Waals surface area (Å²) in [5.74, 6) is 0.0591. The molecule has 1 aliphatic rings. The number of thiophene rings is 1. The Bertz CT molecular complexity index is 522. The van der Waals surface area contributed by atoms with Crippen molar-refractivity contribution in [1.82, 2.24) is 9.21 Å². The second-order valence-electron chi connectivity index (χ2n) is 5.49. The summed E-state index contributed by atoms with van der Waals surface area (Å²) >= 11 is 1.70. The maximum absolute atomic E-state index is 12.3. The molecule has 7 heteroatoms. The van der Waals surface area contributed by atoms with Crippen LogP contribution in [0.25, 0.3) is 0 Å². The van der Waals surface area contributed by atoms with Crippen molar-refractivity contribution in [3.8, 4) is 0 Å². The van der Waals surface area contributed by atoms with E-state index in [2.05, 4.69) is 28.7 Å². The Morgan fingerprint density at radius 2 is 1.95 bits per heavy atom. The lowest BCUT2D eigenvalue weighted by atomic mass is 10.1. The van der Waals surface area contributed by atoms with Gasteiger partial charge in [-0.2, -0.15) is 15.6 Å². The van der Waals surface area contributed by atoms with Crippen molar-refractivity contribution in [2.75, 3.05) is 39.0 Å². The number of methoxy groups -OCH3 is 1. The first-order valence-corrected chi connectivity index (χ1v) is 9.76. The third-order valence-electron chi connectivity index (χ3n) is 4.09. The molecule has 0 aromatic carbocycles. The van der Waals surface area contributed by atoms with Crippen LogP contribution in [0.4, 0.5) is 0 Å². The van der Waals surface area contributed by atoms with Crippen molar-refractivity contribution in [2.24, 2.45) is 0 Å². The molecule has 0 amide bonds. The standard InChI is InChI=1S/C14H24N2O3S2/c1-12(19-3)11-21(17,18)16-7-5-15(6-8-16)13(2)14-4-9-20-10-14/h4,9-10,12-13H,5-8,11H2,1-3H3/t12-,13+/m0/s1. The van der Waals surface area contributed by atoms with Gasteiger partial charge in [-0.1, -0.05) is 0 Å². The summed E-state index contributed by atoms with van der Waals surface area (Å²) in [5.41, 5.74) is 1.31. The van der Waals surface area contributed by atoms with E-state index < -0.39 is 10.0 Å². The van der Waals surface area contributed by atoms with Crippen molar-refractivity contribution >= 4 is 21.4 Å². The molecular weight excluding hydrogens is 308 g/mol. The molecule has 2 heterocycles. The number of nitrogens with zero attached hydrogens (tertiary/aromatic N) is 2.